The van der Waals surface area contributed by atoms with Crippen LogP contribution in [0.15, 0.2) is 28.6 Å². The lowest BCUT2D eigenvalue weighted by Gasteiger charge is -2.20. The number of nitrogens with zero attached hydrogens (tertiary/aromatic N) is 2. The Balaban J connectivity index is 1.25. The van der Waals surface area contributed by atoms with Crippen LogP contribution in [0, 0.1) is 17.8 Å². The molecule has 0 radical (unpaired) electrons. The van der Waals surface area contributed by atoms with Crippen LogP contribution in [0.2, 0.25) is 0 Å². The number of esters is 1. The van der Waals surface area contributed by atoms with Gasteiger partial charge in [0.1, 0.15) is 0 Å². The molecule has 0 spiro atoms. The highest BCUT2D eigenvalue weighted by Gasteiger charge is 2.40. The van der Waals surface area contributed by atoms with Crippen molar-refractivity contribution >= 4 is 40.1 Å². The van der Waals surface area contributed by atoms with E-state index in [2.05, 4.69) is 15.5 Å². The summed E-state index contributed by atoms with van der Waals surface area (Å²) in [6.45, 7) is 0. The maximum absolute atomic E-state index is 12.3. The minimum atomic E-state index is -0.339. The van der Waals surface area contributed by atoms with Gasteiger partial charge in [-0.25, -0.2) is 4.79 Å². The molecule has 0 aliphatic heterocycles. The summed E-state index contributed by atoms with van der Waals surface area (Å²) >= 11 is 2.96. The monoisotopic (exact) mass is 417 g/mol. The van der Waals surface area contributed by atoms with E-state index in [1.165, 1.54) is 44.1 Å². The normalized spacial score (nSPS) is 23.0. The van der Waals surface area contributed by atoms with Crippen molar-refractivity contribution in [3.63, 3.8) is 0 Å². The minimum Gasteiger partial charge on any atom is -0.465 e. The highest BCUT2D eigenvalue weighted by atomic mass is 32.2. The van der Waals surface area contributed by atoms with Gasteiger partial charge in [-0.15, -0.1) is 10.2 Å². The summed E-state index contributed by atoms with van der Waals surface area (Å²) in [5.41, 5.74) is 1.61. The second-order valence-electron chi connectivity index (χ2n) is 7.54. The molecular weight excluding hydrogens is 394 g/mol. The topological polar surface area (TPSA) is 81.2 Å². The first-order valence-corrected chi connectivity index (χ1v) is 11.3. The molecule has 3 atom stereocenters. The zero-order chi connectivity index (χ0) is 19.5. The highest BCUT2D eigenvalue weighted by Crippen LogP contribution is 2.49. The Morgan fingerprint density at radius 3 is 2.71 bits per heavy atom. The number of rotatable bonds is 7. The number of carbonyl (C=O) groups is 2. The number of benzene rings is 1. The third kappa shape index (κ3) is 4.55. The number of methoxy groups -OCH3 is 1. The first kappa shape index (κ1) is 19.4. The summed E-state index contributed by atoms with van der Waals surface area (Å²) < 4.78 is 5.51. The fraction of sp³-hybridized carbons (Fsp3) is 0.500. The number of thioether (sulfide) groups is 1. The standard InChI is InChI=1S/C20H23N3O3S2/c1-26-18(25)14-5-2-12(3-6-14)11-27-20-23-22-19(28-20)21-17(24)10-16-9-13-4-7-15(16)8-13/h2-3,5-6,13,15-16H,4,7-11H2,1H3,(H,21,22,24)/t13-,15+,16+/m1/s1. The summed E-state index contributed by atoms with van der Waals surface area (Å²) in [4.78, 5) is 23.8. The lowest BCUT2D eigenvalue weighted by atomic mass is 9.86. The van der Waals surface area contributed by atoms with Gasteiger partial charge in [0.25, 0.3) is 0 Å². The van der Waals surface area contributed by atoms with Gasteiger partial charge in [-0.3, -0.25) is 4.79 Å². The van der Waals surface area contributed by atoms with Crippen molar-refractivity contribution in [1.29, 1.82) is 0 Å². The minimum absolute atomic E-state index is 0.0589. The average Bonchev–Trinajstić information content (AvgIpc) is 3.43. The largest absolute Gasteiger partial charge is 0.465 e. The lowest BCUT2D eigenvalue weighted by Crippen LogP contribution is -2.20. The van der Waals surface area contributed by atoms with E-state index in [9.17, 15) is 9.59 Å². The fourth-order valence-corrected chi connectivity index (χ4v) is 6.08. The van der Waals surface area contributed by atoms with Crippen molar-refractivity contribution in [2.75, 3.05) is 12.4 Å². The Morgan fingerprint density at radius 1 is 1.21 bits per heavy atom. The van der Waals surface area contributed by atoms with Crippen LogP contribution in [0.25, 0.3) is 0 Å². The molecule has 2 fully saturated rings. The number of amides is 1. The molecule has 0 saturated heterocycles. The molecule has 28 heavy (non-hydrogen) atoms. The zero-order valence-electron chi connectivity index (χ0n) is 15.7. The molecule has 2 aliphatic rings. The molecule has 0 unspecified atom stereocenters. The molecule has 1 aromatic carbocycles. The predicted molar refractivity (Wildman–Crippen MR) is 109 cm³/mol. The molecule has 4 rings (SSSR count). The molecule has 1 amide bonds. The molecule has 2 bridgehead atoms. The predicted octanol–water partition coefficient (Wildman–Crippen LogP) is 4.38. The van der Waals surface area contributed by atoms with Gasteiger partial charge >= 0.3 is 5.97 Å². The van der Waals surface area contributed by atoms with Gasteiger partial charge in [0.05, 0.1) is 12.7 Å². The van der Waals surface area contributed by atoms with Crippen LogP contribution < -0.4 is 5.32 Å². The molecule has 1 heterocycles. The van der Waals surface area contributed by atoms with Gasteiger partial charge in [0.15, 0.2) is 4.34 Å². The van der Waals surface area contributed by atoms with Gasteiger partial charge in [0.2, 0.25) is 11.0 Å². The molecular formula is C20H23N3O3S2. The number of carbonyl (C=O) groups excluding carboxylic acids is 2. The second kappa shape index (κ2) is 8.61. The van der Waals surface area contributed by atoms with Gasteiger partial charge < -0.3 is 10.1 Å². The van der Waals surface area contributed by atoms with Crippen LogP contribution in [0.3, 0.4) is 0 Å². The van der Waals surface area contributed by atoms with Crippen molar-refractivity contribution in [2.45, 2.75) is 42.2 Å². The van der Waals surface area contributed by atoms with E-state index in [0.717, 1.165) is 27.5 Å². The van der Waals surface area contributed by atoms with Crippen molar-refractivity contribution in [2.24, 2.45) is 17.8 Å². The highest BCUT2D eigenvalue weighted by molar-refractivity contribution is 8.00. The van der Waals surface area contributed by atoms with E-state index >= 15 is 0 Å². The summed E-state index contributed by atoms with van der Waals surface area (Å²) in [6.07, 6.45) is 5.78. The van der Waals surface area contributed by atoms with E-state index < -0.39 is 0 Å². The zero-order valence-corrected chi connectivity index (χ0v) is 17.4. The van der Waals surface area contributed by atoms with Crippen molar-refractivity contribution in [3.05, 3.63) is 35.4 Å². The first-order valence-electron chi connectivity index (χ1n) is 9.54. The van der Waals surface area contributed by atoms with Gasteiger partial charge in [-0.2, -0.15) is 0 Å². The lowest BCUT2D eigenvalue weighted by molar-refractivity contribution is -0.117. The molecule has 1 aromatic heterocycles. The maximum Gasteiger partial charge on any atom is 0.337 e. The molecule has 1 N–H and O–H groups in total. The quantitative estimate of drug-likeness (QED) is 0.409. The number of ether oxygens (including phenoxy) is 1. The van der Waals surface area contributed by atoms with Crippen LogP contribution in [-0.4, -0.2) is 29.2 Å². The van der Waals surface area contributed by atoms with E-state index in [0.29, 0.717) is 23.0 Å². The van der Waals surface area contributed by atoms with Gasteiger partial charge in [0, 0.05) is 12.2 Å². The van der Waals surface area contributed by atoms with Gasteiger partial charge in [-0.1, -0.05) is 41.7 Å². The fourth-order valence-electron chi connectivity index (χ4n) is 4.35. The van der Waals surface area contributed by atoms with Crippen LogP contribution in [0.1, 0.15) is 48.0 Å². The Morgan fingerprint density at radius 2 is 2.04 bits per heavy atom. The number of fused-ring (bicyclic) bond motifs is 2. The average molecular weight is 418 g/mol. The SMILES string of the molecule is COC(=O)c1ccc(CSc2nnc(NC(=O)C[C@@H]3C[C@@H]4CC[C@H]3C4)s2)cc1. The van der Waals surface area contributed by atoms with Crippen LogP contribution in [0.5, 0.6) is 0 Å². The second-order valence-corrected chi connectivity index (χ2v) is 9.74. The maximum atomic E-state index is 12.3. The Bertz CT molecular complexity index is 853. The van der Waals surface area contributed by atoms with E-state index in [1.54, 1.807) is 23.9 Å². The van der Waals surface area contributed by atoms with Crippen LogP contribution in [-0.2, 0) is 15.3 Å². The number of nitrogens with one attached hydrogen (secondary N) is 1. The number of aromatic nitrogens is 2. The third-order valence-electron chi connectivity index (χ3n) is 5.72. The Kier molecular flexibility index (Phi) is 5.96. The number of anilines is 1. The van der Waals surface area contributed by atoms with E-state index in [1.807, 2.05) is 12.1 Å². The van der Waals surface area contributed by atoms with Gasteiger partial charge in [-0.05, 0) is 54.7 Å². The van der Waals surface area contributed by atoms with Crippen molar-refractivity contribution < 1.29 is 14.3 Å². The Labute approximate surface area is 172 Å². The molecule has 2 aliphatic carbocycles. The number of hydrogen-bond donors (Lipinski definition) is 1. The molecule has 8 heteroatoms. The summed E-state index contributed by atoms with van der Waals surface area (Å²) in [5.74, 6) is 2.59. The van der Waals surface area contributed by atoms with Crippen molar-refractivity contribution in [3.8, 4) is 0 Å². The Hall–Kier alpha value is -1.93. The third-order valence-corrected chi connectivity index (χ3v) is 7.77. The molecule has 148 valence electrons. The number of hydrogen-bond acceptors (Lipinski definition) is 7. The van der Waals surface area contributed by atoms with Crippen LogP contribution in [0.4, 0.5) is 5.13 Å². The van der Waals surface area contributed by atoms with Crippen molar-refractivity contribution in [1.82, 2.24) is 10.2 Å². The van der Waals surface area contributed by atoms with Crippen LogP contribution >= 0.6 is 23.1 Å². The first-order chi connectivity index (χ1) is 13.6. The summed E-state index contributed by atoms with van der Waals surface area (Å²) in [7, 11) is 1.37. The molecule has 6 nitrogen and oxygen atoms in total. The molecule has 2 aromatic rings. The summed E-state index contributed by atoms with van der Waals surface area (Å²) in [6, 6.07) is 7.31. The summed E-state index contributed by atoms with van der Waals surface area (Å²) in [5, 5.41) is 11.7. The molecule has 2 saturated carbocycles. The van der Waals surface area contributed by atoms with E-state index in [4.69, 9.17) is 4.74 Å². The smallest absolute Gasteiger partial charge is 0.337 e. The van der Waals surface area contributed by atoms with E-state index in [-0.39, 0.29) is 11.9 Å².